The maximum atomic E-state index is 12.7. The van der Waals surface area contributed by atoms with Crippen molar-refractivity contribution >= 4 is 10.2 Å². The lowest BCUT2D eigenvalue weighted by Gasteiger charge is -2.37. The minimum atomic E-state index is -7.84. The second-order valence-electron chi connectivity index (χ2n) is 3.40. The van der Waals surface area contributed by atoms with E-state index in [4.69, 9.17) is 0 Å². The first-order chi connectivity index (χ1) is 8.81. The molecular weight excluding hydrogens is 361 g/mol. The molecule has 0 radical (unpaired) electrons. The average Bonchev–Trinajstić information content (AvgIpc) is 2.26. The molecule has 0 saturated heterocycles. The number of hydrogen-bond acceptors (Lipinski definition) is 3. The van der Waals surface area contributed by atoms with Gasteiger partial charge in [-0.2, -0.15) is 52.3 Å². The van der Waals surface area contributed by atoms with E-state index in [2.05, 4.69) is 4.74 Å². The van der Waals surface area contributed by atoms with Crippen LogP contribution in [0.5, 0.6) is 0 Å². The van der Waals surface area contributed by atoms with Gasteiger partial charge in [-0.05, 0) is 0 Å². The van der Waals surface area contributed by atoms with Crippen LogP contribution < -0.4 is 0 Å². The number of methoxy groups -OCH3 is 1. The topological polar surface area (TPSA) is 43.4 Å². The fourth-order valence-corrected chi connectivity index (χ4v) is 1.28. The summed E-state index contributed by atoms with van der Waals surface area (Å²) in [7, 11) is -8.19. The van der Waals surface area contributed by atoms with Crippen LogP contribution in [-0.2, 0) is 15.0 Å². The zero-order chi connectivity index (χ0) is 17.7. The molecule has 0 aliphatic rings. The molecule has 0 aliphatic heterocycles. The summed E-state index contributed by atoms with van der Waals surface area (Å²) in [5.41, 5.74) is 0. The van der Waals surface area contributed by atoms with E-state index in [1.165, 1.54) is 0 Å². The molecule has 0 aromatic rings. The van der Waals surface area contributed by atoms with Crippen LogP contribution in [-0.4, -0.2) is 44.7 Å². The number of rotatable bonds is 6. The van der Waals surface area contributed by atoms with Crippen LogP contribution >= 0.6 is 0 Å². The lowest BCUT2D eigenvalue weighted by Crippen LogP contribution is -2.68. The third-order valence-corrected chi connectivity index (χ3v) is 2.95. The first kappa shape index (κ1) is 20.1. The summed E-state index contributed by atoms with van der Waals surface area (Å²) in [6.07, 6.45) is -6.39. The monoisotopic (exact) mass is 364 g/mol. The van der Waals surface area contributed by atoms with Crippen molar-refractivity contribution in [1.82, 2.24) is 0 Å². The Bertz CT molecular complexity index is 496. The Balaban J connectivity index is 6.27. The Morgan fingerprint density at radius 2 is 1.05 bits per heavy atom. The number of alkyl halides is 10. The van der Waals surface area contributed by atoms with Gasteiger partial charge in [0, 0.05) is 7.11 Å². The van der Waals surface area contributed by atoms with Crippen molar-refractivity contribution in [3.63, 3.8) is 0 Å². The van der Waals surface area contributed by atoms with Crippen LogP contribution in [0.2, 0.25) is 0 Å². The van der Waals surface area contributed by atoms with Crippen LogP contribution in [0.25, 0.3) is 0 Å². The summed E-state index contributed by atoms with van der Waals surface area (Å²) in [6.45, 7) is 0. The Morgan fingerprint density at radius 1 is 0.714 bits per heavy atom. The van der Waals surface area contributed by atoms with Crippen molar-refractivity contribution in [2.24, 2.45) is 0 Å². The molecule has 0 aromatic carbocycles. The highest BCUT2D eigenvalue weighted by molar-refractivity contribution is 7.87. The van der Waals surface area contributed by atoms with Crippen molar-refractivity contribution in [3.8, 4) is 0 Å². The van der Waals surface area contributed by atoms with Gasteiger partial charge in [0.15, 0.2) is 0 Å². The minimum Gasteiger partial charge on any atom is -0.319 e. The Hall–Kier alpha value is -0.860. The highest BCUT2D eigenvalue weighted by Gasteiger charge is 2.89. The van der Waals surface area contributed by atoms with E-state index in [1.54, 1.807) is 0 Å². The molecule has 0 aromatic heterocycles. The highest BCUT2D eigenvalue weighted by atomic mass is 32.3. The van der Waals surface area contributed by atoms with Gasteiger partial charge in [-0.25, -0.2) is 0 Å². The van der Waals surface area contributed by atoms with Crippen LogP contribution in [0.1, 0.15) is 0 Å². The Morgan fingerprint density at radius 3 is 1.29 bits per heavy atom. The first-order valence-electron chi connectivity index (χ1n) is 4.19. The molecule has 15 heteroatoms. The van der Waals surface area contributed by atoms with Gasteiger partial charge in [-0.1, -0.05) is 3.89 Å². The molecule has 21 heavy (non-hydrogen) atoms. The molecule has 0 N–H and O–H groups in total. The summed E-state index contributed by atoms with van der Waals surface area (Å²) in [5.74, 6) is -22.7. The SMILES string of the molecule is COC(F)(F)C(F)(F)C(F)(F)C(F)(F)C(F)(F)S(=O)(=O)F. The molecule has 0 bridgehead atoms. The van der Waals surface area contributed by atoms with Gasteiger partial charge in [-0.3, -0.25) is 0 Å². The fraction of sp³-hybridized carbons (Fsp3) is 1.00. The normalized spacial score (nSPS) is 16.2. The second-order valence-corrected chi connectivity index (χ2v) is 4.79. The quantitative estimate of drug-likeness (QED) is 0.538. The van der Waals surface area contributed by atoms with Gasteiger partial charge in [0.2, 0.25) is 0 Å². The molecule has 0 heterocycles. The van der Waals surface area contributed by atoms with Crippen molar-refractivity contribution in [2.45, 2.75) is 29.1 Å². The van der Waals surface area contributed by atoms with E-state index in [9.17, 15) is 56.2 Å². The van der Waals surface area contributed by atoms with Gasteiger partial charge >= 0.3 is 39.4 Å². The molecular formula is C6H3F11O3S. The van der Waals surface area contributed by atoms with Gasteiger partial charge in [-0.15, -0.1) is 0 Å². The van der Waals surface area contributed by atoms with Gasteiger partial charge in [0.25, 0.3) is 0 Å². The van der Waals surface area contributed by atoms with E-state index in [0.29, 0.717) is 0 Å². The third kappa shape index (κ3) is 2.53. The van der Waals surface area contributed by atoms with E-state index >= 15 is 0 Å². The number of halogens is 11. The van der Waals surface area contributed by atoms with Crippen molar-refractivity contribution in [2.75, 3.05) is 7.11 Å². The Kier molecular flexibility index (Phi) is 4.62. The predicted octanol–water partition coefficient (Wildman–Crippen LogP) is 3.02. The standard InChI is InChI=1S/C6H3F11O3S/c1-20-5(13,14)3(9,10)2(7,8)4(11,12)6(15,16)21(17,18)19/h1H3. The van der Waals surface area contributed by atoms with Gasteiger partial charge in [0.1, 0.15) is 0 Å². The molecule has 0 saturated carbocycles. The van der Waals surface area contributed by atoms with Crippen LogP contribution in [0.4, 0.5) is 47.8 Å². The molecule has 128 valence electrons. The largest absolute Gasteiger partial charge is 0.442 e. The maximum Gasteiger partial charge on any atom is 0.442 e. The van der Waals surface area contributed by atoms with Crippen LogP contribution in [0.15, 0.2) is 0 Å². The molecule has 3 nitrogen and oxygen atoms in total. The summed E-state index contributed by atoms with van der Waals surface area (Å²) >= 11 is 0. The third-order valence-electron chi connectivity index (χ3n) is 2.08. The number of ether oxygens (including phenoxy) is 1. The van der Waals surface area contributed by atoms with E-state index in [-0.39, 0.29) is 7.11 Å². The molecule has 0 fully saturated rings. The average molecular weight is 364 g/mol. The lowest BCUT2D eigenvalue weighted by molar-refractivity contribution is -0.435. The van der Waals surface area contributed by atoms with Crippen molar-refractivity contribution in [3.05, 3.63) is 0 Å². The zero-order valence-corrected chi connectivity index (χ0v) is 10.1. The van der Waals surface area contributed by atoms with Crippen LogP contribution in [0, 0.1) is 0 Å². The van der Waals surface area contributed by atoms with Crippen molar-refractivity contribution < 1.29 is 60.9 Å². The number of hydrogen-bond donors (Lipinski definition) is 0. The molecule has 0 atom stereocenters. The first-order valence-corrected chi connectivity index (χ1v) is 5.58. The summed E-state index contributed by atoms with van der Waals surface area (Å²) in [6, 6.07) is 0. The summed E-state index contributed by atoms with van der Waals surface area (Å²) in [4.78, 5) is 0. The molecule has 0 spiro atoms. The summed E-state index contributed by atoms with van der Waals surface area (Å²) in [5, 5.41) is -7.41. The Labute approximate surface area is 108 Å². The van der Waals surface area contributed by atoms with E-state index in [1.807, 2.05) is 0 Å². The minimum absolute atomic E-state index is 0.355. The molecule has 0 aliphatic carbocycles. The predicted molar refractivity (Wildman–Crippen MR) is 41.8 cm³/mol. The van der Waals surface area contributed by atoms with E-state index < -0.39 is 39.4 Å². The second kappa shape index (κ2) is 4.82. The highest BCUT2D eigenvalue weighted by Crippen LogP contribution is 2.58. The van der Waals surface area contributed by atoms with Gasteiger partial charge in [0.05, 0.1) is 0 Å². The summed E-state index contributed by atoms with van der Waals surface area (Å²) < 4.78 is 159. The van der Waals surface area contributed by atoms with Crippen molar-refractivity contribution in [1.29, 1.82) is 0 Å². The lowest BCUT2D eigenvalue weighted by atomic mass is 10.0. The zero-order valence-electron chi connectivity index (χ0n) is 9.29. The van der Waals surface area contributed by atoms with E-state index in [0.717, 1.165) is 0 Å². The molecule has 0 amide bonds. The molecule has 0 unspecified atom stereocenters. The fourth-order valence-electron chi connectivity index (χ4n) is 0.844. The maximum absolute atomic E-state index is 12.7. The van der Waals surface area contributed by atoms with Crippen LogP contribution in [0.3, 0.4) is 0 Å². The molecule has 0 rings (SSSR count). The smallest absolute Gasteiger partial charge is 0.319 e. The van der Waals surface area contributed by atoms with Gasteiger partial charge < -0.3 is 4.74 Å².